The third-order valence-electron chi connectivity index (χ3n) is 2.32. The molecule has 0 radical (unpaired) electrons. The molecule has 1 aromatic rings. The summed E-state index contributed by atoms with van der Waals surface area (Å²) in [6.45, 7) is 5.22. The minimum Gasteiger partial charge on any atom is -0.314 e. The van der Waals surface area contributed by atoms with Crippen molar-refractivity contribution in [2.24, 2.45) is 0 Å². The number of anilines is 1. The van der Waals surface area contributed by atoms with Crippen LogP contribution < -0.4 is 10.2 Å². The van der Waals surface area contributed by atoms with Gasteiger partial charge in [0.2, 0.25) is 5.91 Å². The van der Waals surface area contributed by atoms with Crippen molar-refractivity contribution in [3.8, 4) is 0 Å². The number of amides is 1. The van der Waals surface area contributed by atoms with E-state index in [1.165, 1.54) is 5.56 Å². The summed E-state index contributed by atoms with van der Waals surface area (Å²) in [6.07, 6.45) is 0. The van der Waals surface area contributed by atoms with Gasteiger partial charge in [-0.2, -0.15) is 0 Å². The first-order valence-electron chi connectivity index (χ1n) is 5.19. The maximum atomic E-state index is 11.7. The third-order valence-corrected chi connectivity index (χ3v) is 2.32. The lowest BCUT2D eigenvalue weighted by atomic mass is 10.2. The van der Waals surface area contributed by atoms with Crippen LogP contribution in [-0.2, 0) is 4.79 Å². The summed E-state index contributed by atoms with van der Waals surface area (Å²) >= 11 is 0. The Morgan fingerprint density at radius 1 is 1.33 bits per heavy atom. The fourth-order valence-electron chi connectivity index (χ4n) is 1.26. The zero-order chi connectivity index (χ0) is 11.3. The van der Waals surface area contributed by atoms with Crippen molar-refractivity contribution < 1.29 is 4.79 Å². The molecule has 3 heteroatoms. The summed E-state index contributed by atoms with van der Waals surface area (Å²) in [5, 5.41) is 3.02. The molecule has 1 N–H and O–H groups in total. The van der Waals surface area contributed by atoms with Gasteiger partial charge in [-0.25, -0.2) is 0 Å². The number of benzene rings is 1. The highest BCUT2D eigenvalue weighted by atomic mass is 16.2. The van der Waals surface area contributed by atoms with Gasteiger partial charge in [0.25, 0.3) is 0 Å². The molecule has 0 bridgehead atoms. The molecule has 0 saturated carbocycles. The number of rotatable bonds is 4. The topological polar surface area (TPSA) is 32.3 Å². The Bertz CT molecular complexity index is 319. The van der Waals surface area contributed by atoms with E-state index in [0.29, 0.717) is 6.54 Å². The fourth-order valence-corrected chi connectivity index (χ4v) is 1.26. The van der Waals surface area contributed by atoms with Gasteiger partial charge in [0.15, 0.2) is 0 Å². The molecule has 0 atom stereocenters. The molecule has 0 spiro atoms. The zero-order valence-corrected chi connectivity index (χ0v) is 9.58. The van der Waals surface area contributed by atoms with Crippen LogP contribution >= 0.6 is 0 Å². The monoisotopic (exact) mass is 206 g/mol. The van der Waals surface area contributed by atoms with Crippen molar-refractivity contribution in [3.05, 3.63) is 29.8 Å². The molecular weight excluding hydrogens is 188 g/mol. The highest BCUT2D eigenvalue weighted by Gasteiger charge is 2.08. The average Bonchev–Trinajstić information content (AvgIpc) is 2.26. The lowest BCUT2D eigenvalue weighted by Gasteiger charge is -2.17. The zero-order valence-electron chi connectivity index (χ0n) is 9.58. The molecule has 0 saturated heterocycles. The van der Waals surface area contributed by atoms with Crippen LogP contribution in [0.15, 0.2) is 24.3 Å². The van der Waals surface area contributed by atoms with E-state index in [1.54, 1.807) is 11.9 Å². The van der Waals surface area contributed by atoms with Crippen LogP contribution in [0.1, 0.15) is 12.5 Å². The predicted octanol–water partition coefficient (Wildman–Crippen LogP) is 1.57. The Morgan fingerprint density at radius 2 is 1.93 bits per heavy atom. The molecular formula is C12H18N2O. The molecule has 3 nitrogen and oxygen atoms in total. The Labute approximate surface area is 91.1 Å². The van der Waals surface area contributed by atoms with Crippen LogP contribution in [0.2, 0.25) is 0 Å². The molecule has 15 heavy (non-hydrogen) atoms. The standard InChI is InChI=1S/C12H18N2O/c1-4-13-9-12(15)14(3)11-7-5-10(2)6-8-11/h5-8,13H,4,9H2,1-3H3. The lowest BCUT2D eigenvalue weighted by Crippen LogP contribution is -2.35. The molecule has 0 unspecified atom stereocenters. The van der Waals surface area contributed by atoms with E-state index >= 15 is 0 Å². The van der Waals surface area contributed by atoms with Gasteiger partial charge in [-0.3, -0.25) is 4.79 Å². The van der Waals surface area contributed by atoms with Crippen LogP contribution in [-0.4, -0.2) is 26.0 Å². The quantitative estimate of drug-likeness (QED) is 0.811. The van der Waals surface area contributed by atoms with Crippen LogP contribution in [0.5, 0.6) is 0 Å². The smallest absolute Gasteiger partial charge is 0.240 e. The molecule has 1 amide bonds. The average molecular weight is 206 g/mol. The highest BCUT2D eigenvalue weighted by Crippen LogP contribution is 2.12. The molecule has 82 valence electrons. The number of nitrogens with one attached hydrogen (secondary N) is 1. The summed E-state index contributed by atoms with van der Waals surface area (Å²) in [4.78, 5) is 13.3. The number of hydrogen-bond donors (Lipinski definition) is 1. The number of aryl methyl sites for hydroxylation is 1. The van der Waals surface area contributed by atoms with E-state index < -0.39 is 0 Å². The van der Waals surface area contributed by atoms with Gasteiger partial charge in [-0.05, 0) is 25.6 Å². The van der Waals surface area contributed by atoms with Crippen molar-refractivity contribution in [2.75, 3.05) is 25.0 Å². The van der Waals surface area contributed by atoms with E-state index in [-0.39, 0.29) is 5.91 Å². The van der Waals surface area contributed by atoms with Gasteiger partial charge < -0.3 is 10.2 Å². The van der Waals surface area contributed by atoms with Gasteiger partial charge >= 0.3 is 0 Å². The second-order valence-electron chi connectivity index (χ2n) is 3.57. The highest BCUT2D eigenvalue weighted by molar-refractivity contribution is 5.94. The number of carbonyl (C=O) groups excluding carboxylic acids is 1. The SMILES string of the molecule is CCNCC(=O)N(C)c1ccc(C)cc1. The van der Waals surface area contributed by atoms with Crippen molar-refractivity contribution in [1.82, 2.24) is 5.32 Å². The molecule has 0 fully saturated rings. The molecule has 1 rings (SSSR count). The lowest BCUT2D eigenvalue weighted by molar-refractivity contribution is -0.117. The van der Waals surface area contributed by atoms with Crippen molar-refractivity contribution in [2.45, 2.75) is 13.8 Å². The normalized spacial score (nSPS) is 10.1. The van der Waals surface area contributed by atoms with Gasteiger partial charge in [0, 0.05) is 12.7 Å². The molecule has 0 aromatic heterocycles. The first-order valence-corrected chi connectivity index (χ1v) is 5.19. The maximum Gasteiger partial charge on any atom is 0.240 e. The van der Waals surface area contributed by atoms with Gasteiger partial charge in [-0.1, -0.05) is 24.6 Å². The Hall–Kier alpha value is -1.35. The second-order valence-corrected chi connectivity index (χ2v) is 3.57. The number of nitrogens with zero attached hydrogens (tertiary/aromatic N) is 1. The van der Waals surface area contributed by atoms with Gasteiger partial charge in [0.05, 0.1) is 6.54 Å². The first kappa shape index (κ1) is 11.7. The van der Waals surface area contributed by atoms with Crippen LogP contribution in [0, 0.1) is 6.92 Å². The summed E-state index contributed by atoms with van der Waals surface area (Å²) in [6, 6.07) is 7.93. The number of carbonyl (C=O) groups is 1. The van der Waals surface area contributed by atoms with Crippen molar-refractivity contribution in [1.29, 1.82) is 0 Å². The molecule has 0 aliphatic heterocycles. The molecule has 0 aliphatic rings. The third kappa shape index (κ3) is 3.36. The summed E-state index contributed by atoms with van der Waals surface area (Å²) in [7, 11) is 1.80. The molecule has 0 aliphatic carbocycles. The first-order chi connectivity index (χ1) is 7.15. The predicted molar refractivity (Wildman–Crippen MR) is 63.1 cm³/mol. The molecule has 0 heterocycles. The maximum absolute atomic E-state index is 11.7. The van der Waals surface area contributed by atoms with Crippen molar-refractivity contribution >= 4 is 11.6 Å². The van der Waals surface area contributed by atoms with E-state index in [2.05, 4.69) is 5.32 Å². The van der Waals surface area contributed by atoms with E-state index in [1.807, 2.05) is 38.1 Å². The number of likely N-dealkylation sites (N-methyl/N-ethyl adjacent to an activating group) is 2. The Balaban J connectivity index is 2.63. The Morgan fingerprint density at radius 3 is 2.47 bits per heavy atom. The summed E-state index contributed by atoms with van der Waals surface area (Å²) in [5.74, 6) is 0.0840. The van der Waals surface area contributed by atoms with Crippen LogP contribution in [0.3, 0.4) is 0 Å². The summed E-state index contributed by atoms with van der Waals surface area (Å²) < 4.78 is 0. The second kappa shape index (κ2) is 5.51. The van der Waals surface area contributed by atoms with E-state index in [4.69, 9.17) is 0 Å². The summed E-state index contributed by atoms with van der Waals surface area (Å²) in [5.41, 5.74) is 2.13. The molecule has 1 aromatic carbocycles. The fraction of sp³-hybridized carbons (Fsp3) is 0.417. The van der Waals surface area contributed by atoms with Crippen LogP contribution in [0.4, 0.5) is 5.69 Å². The van der Waals surface area contributed by atoms with Crippen LogP contribution in [0.25, 0.3) is 0 Å². The van der Waals surface area contributed by atoms with Gasteiger partial charge in [-0.15, -0.1) is 0 Å². The minimum atomic E-state index is 0.0840. The van der Waals surface area contributed by atoms with E-state index in [9.17, 15) is 4.79 Å². The minimum absolute atomic E-state index is 0.0840. The van der Waals surface area contributed by atoms with Gasteiger partial charge in [0.1, 0.15) is 0 Å². The largest absolute Gasteiger partial charge is 0.314 e. The van der Waals surface area contributed by atoms with Crippen molar-refractivity contribution in [3.63, 3.8) is 0 Å². The Kier molecular flexibility index (Phi) is 4.31. The van der Waals surface area contributed by atoms with E-state index in [0.717, 1.165) is 12.2 Å². The number of hydrogen-bond acceptors (Lipinski definition) is 2.